The van der Waals surface area contributed by atoms with Gasteiger partial charge < -0.3 is 5.32 Å². The van der Waals surface area contributed by atoms with E-state index in [1.165, 1.54) is 22.1 Å². The molecule has 6 nitrogen and oxygen atoms in total. The van der Waals surface area contributed by atoms with Gasteiger partial charge in [-0.1, -0.05) is 35.3 Å². The lowest BCUT2D eigenvalue weighted by Crippen LogP contribution is -2.27. The number of nitrogens with one attached hydrogen (secondary N) is 1. The minimum Gasteiger partial charge on any atom is -0.300 e. The summed E-state index contributed by atoms with van der Waals surface area (Å²) < 4.78 is 1.39. The van der Waals surface area contributed by atoms with Crippen LogP contribution in [0.2, 0.25) is 10.0 Å². The van der Waals surface area contributed by atoms with Crippen molar-refractivity contribution in [3.05, 3.63) is 85.7 Å². The number of halogens is 2. The number of aromatic nitrogens is 3. The van der Waals surface area contributed by atoms with Crippen molar-refractivity contribution in [2.45, 2.75) is 13.0 Å². The summed E-state index contributed by atoms with van der Waals surface area (Å²) in [5.74, 6) is -0.342. The van der Waals surface area contributed by atoms with E-state index in [4.69, 9.17) is 23.2 Å². The smallest absolute Gasteiger partial charge is 0.269 e. The summed E-state index contributed by atoms with van der Waals surface area (Å²) in [6, 6.07) is 12.5. The maximum atomic E-state index is 12.5. The lowest BCUT2D eigenvalue weighted by Gasteiger charge is -2.08. The standard InChI is InChI=1S/C20H14Cl2N4O2S/c21-13-5-6-15(22)12(7-13)8-14-9-24-20(29-14)25-18(27)11-26-17-4-2-1-3-16(17)23-10-19(26)28/h1-7,9-10H,8,11H2,(H,24,25,27). The molecule has 0 spiro atoms. The zero-order chi connectivity index (χ0) is 20.4. The molecule has 1 amide bonds. The molecular formula is C20H14Cl2N4O2S. The largest absolute Gasteiger partial charge is 0.300 e. The highest BCUT2D eigenvalue weighted by Gasteiger charge is 2.12. The Kier molecular flexibility index (Phi) is 5.62. The number of rotatable bonds is 5. The van der Waals surface area contributed by atoms with E-state index in [0.29, 0.717) is 32.6 Å². The van der Waals surface area contributed by atoms with Crippen LogP contribution in [-0.4, -0.2) is 20.4 Å². The number of hydrogen-bond donors (Lipinski definition) is 1. The first kappa shape index (κ1) is 19.6. The van der Waals surface area contributed by atoms with E-state index in [0.717, 1.165) is 10.4 Å². The SMILES string of the molecule is O=C(Cn1c(=O)cnc2ccccc21)Nc1ncc(Cc2cc(Cl)ccc2Cl)s1. The monoisotopic (exact) mass is 444 g/mol. The van der Waals surface area contributed by atoms with Crippen LogP contribution in [0, 0.1) is 0 Å². The van der Waals surface area contributed by atoms with Gasteiger partial charge in [0, 0.05) is 27.5 Å². The third-order valence-corrected chi connectivity index (χ3v) is 5.74. The molecule has 0 aliphatic carbocycles. The van der Waals surface area contributed by atoms with E-state index < -0.39 is 0 Å². The molecule has 2 aromatic heterocycles. The molecule has 0 saturated carbocycles. The summed E-state index contributed by atoms with van der Waals surface area (Å²) in [6.07, 6.45) is 3.46. The third-order valence-electron chi connectivity index (χ3n) is 4.23. The van der Waals surface area contributed by atoms with Crippen LogP contribution in [0.25, 0.3) is 11.0 Å². The summed E-state index contributed by atoms with van der Waals surface area (Å²) >= 11 is 13.6. The average Bonchev–Trinajstić information content (AvgIpc) is 3.13. The number of anilines is 1. The molecule has 0 radical (unpaired) electrons. The van der Waals surface area contributed by atoms with E-state index in [9.17, 15) is 9.59 Å². The molecule has 0 unspecified atom stereocenters. The number of thiazole rings is 1. The van der Waals surface area contributed by atoms with E-state index in [1.54, 1.807) is 36.5 Å². The lowest BCUT2D eigenvalue weighted by atomic mass is 10.1. The maximum absolute atomic E-state index is 12.5. The van der Waals surface area contributed by atoms with Crippen molar-refractivity contribution in [2.24, 2.45) is 0 Å². The van der Waals surface area contributed by atoms with Gasteiger partial charge in [-0.05, 0) is 35.9 Å². The molecule has 2 heterocycles. The Balaban J connectivity index is 1.48. The number of amides is 1. The highest BCUT2D eigenvalue weighted by molar-refractivity contribution is 7.15. The lowest BCUT2D eigenvalue weighted by molar-refractivity contribution is -0.116. The van der Waals surface area contributed by atoms with Gasteiger partial charge in [0.05, 0.1) is 17.2 Å². The first-order valence-electron chi connectivity index (χ1n) is 8.62. The second-order valence-electron chi connectivity index (χ2n) is 6.26. The van der Waals surface area contributed by atoms with Gasteiger partial charge in [0.2, 0.25) is 5.91 Å². The van der Waals surface area contributed by atoms with Gasteiger partial charge in [-0.2, -0.15) is 0 Å². The molecule has 2 aromatic carbocycles. The quantitative estimate of drug-likeness (QED) is 0.495. The van der Waals surface area contributed by atoms with Gasteiger partial charge in [0.1, 0.15) is 6.54 Å². The zero-order valence-corrected chi connectivity index (χ0v) is 17.3. The molecule has 0 fully saturated rings. The van der Waals surface area contributed by atoms with Crippen molar-refractivity contribution in [2.75, 3.05) is 5.32 Å². The minimum absolute atomic E-state index is 0.128. The van der Waals surface area contributed by atoms with Crippen molar-refractivity contribution in [3.8, 4) is 0 Å². The summed E-state index contributed by atoms with van der Waals surface area (Å²) in [5.41, 5.74) is 1.80. The summed E-state index contributed by atoms with van der Waals surface area (Å²) in [5, 5.41) is 4.43. The van der Waals surface area contributed by atoms with Gasteiger partial charge in [0.25, 0.3) is 5.56 Å². The molecular weight excluding hydrogens is 431 g/mol. The van der Waals surface area contributed by atoms with E-state index in [2.05, 4.69) is 15.3 Å². The summed E-state index contributed by atoms with van der Waals surface area (Å²) in [7, 11) is 0. The van der Waals surface area contributed by atoms with Crippen molar-refractivity contribution >= 4 is 56.6 Å². The van der Waals surface area contributed by atoms with E-state index >= 15 is 0 Å². The topological polar surface area (TPSA) is 76.9 Å². The Morgan fingerprint density at radius 3 is 2.79 bits per heavy atom. The number of para-hydroxylation sites is 2. The number of fused-ring (bicyclic) bond motifs is 1. The van der Waals surface area contributed by atoms with Crippen molar-refractivity contribution in [1.82, 2.24) is 14.5 Å². The molecule has 29 heavy (non-hydrogen) atoms. The molecule has 146 valence electrons. The molecule has 9 heteroatoms. The van der Waals surface area contributed by atoms with Crippen molar-refractivity contribution in [3.63, 3.8) is 0 Å². The van der Waals surface area contributed by atoms with Crippen LogP contribution in [-0.2, 0) is 17.8 Å². The molecule has 1 N–H and O–H groups in total. The molecule has 0 atom stereocenters. The van der Waals surface area contributed by atoms with Crippen LogP contribution in [0.1, 0.15) is 10.4 Å². The van der Waals surface area contributed by atoms with Gasteiger partial charge in [-0.25, -0.2) is 9.97 Å². The van der Waals surface area contributed by atoms with Crippen molar-refractivity contribution < 1.29 is 4.79 Å². The fourth-order valence-electron chi connectivity index (χ4n) is 2.89. The first-order chi connectivity index (χ1) is 14.0. The molecule has 4 aromatic rings. The van der Waals surface area contributed by atoms with Crippen LogP contribution in [0.5, 0.6) is 0 Å². The fraction of sp³-hybridized carbons (Fsp3) is 0.100. The first-order valence-corrected chi connectivity index (χ1v) is 10.2. The Morgan fingerprint density at radius 1 is 1.10 bits per heavy atom. The minimum atomic E-state index is -0.342. The van der Waals surface area contributed by atoms with Crippen LogP contribution < -0.4 is 10.9 Å². The Bertz CT molecular complexity index is 1270. The number of nitrogens with zero attached hydrogens (tertiary/aromatic N) is 3. The molecule has 0 aliphatic heterocycles. The van der Waals surface area contributed by atoms with Crippen molar-refractivity contribution in [1.29, 1.82) is 0 Å². The Morgan fingerprint density at radius 2 is 1.93 bits per heavy atom. The second-order valence-corrected chi connectivity index (χ2v) is 8.22. The zero-order valence-electron chi connectivity index (χ0n) is 14.9. The normalized spacial score (nSPS) is 11.0. The highest BCUT2D eigenvalue weighted by atomic mass is 35.5. The number of benzene rings is 2. The predicted octanol–water partition coefficient (Wildman–Crippen LogP) is 4.39. The number of hydrogen-bond acceptors (Lipinski definition) is 5. The third kappa shape index (κ3) is 4.48. The van der Waals surface area contributed by atoms with E-state index in [-0.39, 0.29) is 18.0 Å². The molecule has 0 saturated heterocycles. The summed E-state index contributed by atoms with van der Waals surface area (Å²) in [6.45, 7) is -0.128. The number of carbonyl (C=O) groups is 1. The van der Waals surface area contributed by atoms with Gasteiger partial charge in [-0.3, -0.25) is 14.2 Å². The molecule has 0 bridgehead atoms. The van der Waals surface area contributed by atoms with Gasteiger partial charge in [0.15, 0.2) is 5.13 Å². The predicted molar refractivity (Wildman–Crippen MR) is 116 cm³/mol. The van der Waals surface area contributed by atoms with Crippen LogP contribution in [0.3, 0.4) is 0 Å². The maximum Gasteiger partial charge on any atom is 0.269 e. The van der Waals surface area contributed by atoms with E-state index in [1.807, 2.05) is 12.1 Å². The molecule has 4 rings (SSSR count). The second kappa shape index (κ2) is 8.32. The van der Waals surface area contributed by atoms with Gasteiger partial charge in [-0.15, -0.1) is 11.3 Å². The van der Waals surface area contributed by atoms with Gasteiger partial charge >= 0.3 is 0 Å². The highest BCUT2D eigenvalue weighted by Crippen LogP contribution is 2.27. The average molecular weight is 445 g/mol. The van der Waals surface area contributed by atoms with Crippen LogP contribution >= 0.6 is 34.5 Å². The number of carbonyl (C=O) groups excluding carboxylic acids is 1. The Hall–Kier alpha value is -2.74. The summed E-state index contributed by atoms with van der Waals surface area (Å²) in [4.78, 5) is 33.9. The molecule has 0 aliphatic rings. The fourth-order valence-corrected chi connectivity index (χ4v) is 4.12. The van der Waals surface area contributed by atoms with Crippen LogP contribution in [0.15, 0.2) is 59.7 Å². The van der Waals surface area contributed by atoms with Crippen LogP contribution in [0.4, 0.5) is 5.13 Å². The Labute approximate surface area is 179 Å².